The van der Waals surface area contributed by atoms with Gasteiger partial charge in [0.05, 0.1) is 0 Å². The molecule has 0 atom stereocenters. The lowest BCUT2D eigenvalue weighted by atomic mass is 9.69. The van der Waals surface area contributed by atoms with Crippen molar-refractivity contribution in [1.82, 2.24) is 5.32 Å². The van der Waals surface area contributed by atoms with Crippen LogP contribution in [-0.4, -0.2) is 11.3 Å². The standard InChI is InChI=1S/C23H33NO/c1-22(2,3)18-12-10-16(11-13-18)21(25)14-20-19-9-7-6-8-17(19)15-23(4,5)24-20/h6-9,14,16,18,24H,10-13,15H2,1-5H3/b20-14-. The van der Waals surface area contributed by atoms with Gasteiger partial charge in [-0.25, -0.2) is 0 Å². The molecule has 1 aromatic carbocycles. The number of hydrogen-bond acceptors (Lipinski definition) is 2. The second-order valence-corrected chi connectivity index (χ2v) is 9.72. The van der Waals surface area contributed by atoms with Gasteiger partial charge in [0.1, 0.15) is 0 Å². The molecule has 1 N–H and O–H groups in total. The van der Waals surface area contributed by atoms with Gasteiger partial charge in [0.2, 0.25) is 0 Å². The fourth-order valence-corrected chi connectivity index (χ4v) is 4.51. The number of carbonyl (C=O) groups excluding carboxylic acids is 1. The molecule has 1 fully saturated rings. The van der Waals surface area contributed by atoms with Crippen LogP contribution in [0.1, 0.15) is 71.4 Å². The maximum absolute atomic E-state index is 12.9. The molecule has 0 saturated heterocycles. The minimum Gasteiger partial charge on any atom is -0.379 e. The van der Waals surface area contributed by atoms with Gasteiger partial charge in [-0.3, -0.25) is 4.79 Å². The SMILES string of the molecule is CC1(C)Cc2ccccc2/C(=C/C(=O)C2CCC(C(C)(C)C)CC2)N1. The third-order valence-electron chi connectivity index (χ3n) is 6.05. The highest BCUT2D eigenvalue weighted by atomic mass is 16.1. The monoisotopic (exact) mass is 339 g/mol. The third kappa shape index (κ3) is 4.16. The first-order valence-electron chi connectivity index (χ1n) is 9.78. The lowest BCUT2D eigenvalue weighted by Gasteiger charge is -2.37. The molecule has 25 heavy (non-hydrogen) atoms. The summed E-state index contributed by atoms with van der Waals surface area (Å²) in [6.07, 6.45) is 7.32. The van der Waals surface area contributed by atoms with E-state index < -0.39 is 0 Å². The van der Waals surface area contributed by atoms with E-state index >= 15 is 0 Å². The van der Waals surface area contributed by atoms with Crippen LogP contribution in [0.25, 0.3) is 5.70 Å². The molecule has 2 aliphatic rings. The molecule has 0 unspecified atom stereocenters. The molecule has 0 spiro atoms. The lowest BCUT2D eigenvalue weighted by Crippen LogP contribution is -2.44. The summed E-state index contributed by atoms with van der Waals surface area (Å²) in [7, 11) is 0. The summed E-state index contributed by atoms with van der Waals surface area (Å²) in [5.74, 6) is 1.25. The van der Waals surface area contributed by atoms with Gasteiger partial charge in [-0.05, 0) is 62.8 Å². The predicted molar refractivity (Wildman–Crippen MR) is 105 cm³/mol. The molecule has 1 saturated carbocycles. The topological polar surface area (TPSA) is 29.1 Å². The quantitative estimate of drug-likeness (QED) is 0.734. The predicted octanol–water partition coefficient (Wildman–Crippen LogP) is 5.37. The average Bonchev–Trinajstić information content (AvgIpc) is 2.53. The smallest absolute Gasteiger partial charge is 0.160 e. The zero-order chi connectivity index (χ0) is 18.2. The number of allylic oxidation sites excluding steroid dienone is 1. The first-order valence-corrected chi connectivity index (χ1v) is 9.78. The molecule has 0 bridgehead atoms. The number of fused-ring (bicyclic) bond motifs is 1. The van der Waals surface area contributed by atoms with Crippen molar-refractivity contribution < 1.29 is 4.79 Å². The van der Waals surface area contributed by atoms with E-state index in [1.165, 1.54) is 24.0 Å². The lowest BCUT2D eigenvalue weighted by molar-refractivity contribution is -0.119. The zero-order valence-electron chi connectivity index (χ0n) is 16.5. The van der Waals surface area contributed by atoms with E-state index in [0.717, 1.165) is 30.9 Å². The van der Waals surface area contributed by atoms with E-state index in [4.69, 9.17) is 0 Å². The van der Waals surface area contributed by atoms with Crippen molar-refractivity contribution in [2.45, 2.75) is 72.3 Å². The second-order valence-electron chi connectivity index (χ2n) is 9.72. The van der Waals surface area contributed by atoms with Crippen LogP contribution >= 0.6 is 0 Å². The van der Waals surface area contributed by atoms with Gasteiger partial charge in [0.15, 0.2) is 5.78 Å². The molecule has 0 aromatic heterocycles. The van der Waals surface area contributed by atoms with Gasteiger partial charge in [-0.2, -0.15) is 0 Å². The van der Waals surface area contributed by atoms with Crippen molar-refractivity contribution >= 4 is 11.5 Å². The van der Waals surface area contributed by atoms with E-state index in [0.29, 0.717) is 11.2 Å². The average molecular weight is 340 g/mol. The summed E-state index contributed by atoms with van der Waals surface area (Å²) in [5.41, 5.74) is 3.89. The molecule has 2 nitrogen and oxygen atoms in total. The summed E-state index contributed by atoms with van der Waals surface area (Å²) in [6, 6.07) is 8.47. The molecule has 2 heteroatoms. The van der Waals surface area contributed by atoms with Crippen LogP contribution in [-0.2, 0) is 11.2 Å². The van der Waals surface area contributed by atoms with Crippen molar-refractivity contribution in [3.63, 3.8) is 0 Å². The maximum atomic E-state index is 12.9. The van der Waals surface area contributed by atoms with E-state index in [9.17, 15) is 4.79 Å². The van der Waals surface area contributed by atoms with Crippen molar-refractivity contribution in [3.05, 3.63) is 41.5 Å². The number of carbonyl (C=O) groups is 1. The molecule has 1 aliphatic heterocycles. The van der Waals surface area contributed by atoms with E-state index in [-0.39, 0.29) is 11.5 Å². The van der Waals surface area contributed by atoms with Crippen LogP contribution in [0.15, 0.2) is 30.3 Å². The van der Waals surface area contributed by atoms with Crippen LogP contribution in [0, 0.1) is 17.3 Å². The third-order valence-corrected chi connectivity index (χ3v) is 6.05. The Labute approximate surface area is 153 Å². The number of benzene rings is 1. The summed E-state index contributed by atoms with van der Waals surface area (Å²) in [4.78, 5) is 12.9. The van der Waals surface area contributed by atoms with Crippen molar-refractivity contribution in [1.29, 1.82) is 0 Å². The van der Waals surface area contributed by atoms with E-state index in [1.54, 1.807) is 0 Å². The maximum Gasteiger partial charge on any atom is 0.160 e. The fourth-order valence-electron chi connectivity index (χ4n) is 4.51. The molecular formula is C23H33NO. The molecule has 0 radical (unpaired) electrons. The number of ketones is 1. The van der Waals surface area contributed by atoms with Crippen LogP contribution < -0.4 is 5.32 Å². The summed E-state index contributed by atoms with van der Waals surface area (Å²) < 4.78 is 0. The Hall–Kier alpha value is -1.57. The molecule has 1 aromatic rings. The largest absolute Gasteiger partial charge is 0.379 e. The normalized spacial score (nSPS) is 27.5. The van der Waals surface area contributed by atoms with Gasteiger partial charge in [0, 0.05) is 28.8 Å². The Bertz CT molecular complexity index is 670. The summed E-state index contributed by atoms with van der Waals surface area (Å²) in [5, 5.41) is 3.59. The minimum absolute atomic E-state index is 0.00956. The number of hydrogen-bond donors (Lipinski definition) is 1. The highest BCUT2D eigenvalue weighted by Crippen LogP contribution is 2.40. The summed E-state index contributed by atoms with van der Waals surface area (Å²) >= 11 is 0. The molecule has 0 amide bonds. The van der Waals surface area contributed by atoms with Crippen LogP contribution in [0.5, 0.6) is 0 Å². The Balaban J connectivity index is 1.76. The van der Waals surface area contributed by atoms with Gasteiger partial charge in [-0.1, -0.05) is 45.0 Å². The Kier molecular flexibility index (Phi) is 4.83. The molecular weight excluding hydrogens is 306 g/mol. The highest BCUT2D eigenvalue weighted by molar-refractivity contribution is 5.98. The van der Waals surface area contributed by atoms with Gasteiger partial charge >= 0.3 is 0 Å². The second kappa shape index (κ2) is 6.63. The number of rotatable bonds is 2. The zero-order valence-corrected chi connectivity index (χ0v) is 16.5. The highest BCUT2D eigenvalue weighted by Gasteiger charge is 2.33. The molecule has 1 aliphatic carbocycles. The van der Waals surface area contributed by atoms with E-state index in [1.807, 2.05) is 6.08 Å². The van der Waals surface area contributed by atoms with Gasteiger partial charge in [-0.15, -0.1) is 0 Å². The fraction of sp³-hybridized carbons (Fsp3) is 0.609. The Morgan fingerprint density at radius 2 is 1.76 bits per heavy atom. The van der Waals surface area contributed by atoms with Gasteiger partial charge in [0.25, 0.3) is 0 Å². The van der Waals surface area contributed by atoms with Crippen LogP contribution in [0.3, 0.4) is 0 Å². The van der Waals surface area contributed by atoms with Gasteiger partial charge < -0.3 is 5.32 Å². The summed E-state index contributed by atoms with van der Waals surface area (Å²) in [6.45, 7) is 11.4. The first kappa shape index (κ1) is 18.2. The van der Waals surface area contributed by atoms with E-state index in [2.05, 4.69) is 64.2 Å². The molecule has 1 heterocycles. The molecule has 3 rings (SSSR count). The van der Waals surface area contributed by atoms with Crippen LogP contribution in [0.4, 0.5) is 0 Å². The van der Waals surface area contributed by atoms with Crippen molar-refractivity contribution in [2.75, 3.05) is 0 Å². The Morgan fingerprint density at radius 3 is 2.40 bits per heavy atom. The van der Waals surface area contributed by atoms with Crippen molar-refractivity contribution in [3.8, 4) is 0 Å². The van der Waals surface area contributed by atoms with Crippen LogP contribution in [0.2, 0.25) is 0 Å². The number of nitrogens with one attached hydrogen (secondary N) is 1. The first-order chi connectivity index (χ1) is 11.7. The molecule has 136 valence electrons. The Morgan fingerprint density at radius 1 is 1.12 bits per heavy atom. The van der Waals surface area contributed by atoms with Crippen molar-refractivity contribution in [2.24, 2.45) is 17.3 Å². The minimum atomic E-state index is -0.00956.